The summed E-state index contributed by atoms with van der Waals surface area (Å²) in [6.45, 7) is 1.17. The first-order chi connectivity index (χ1) is 7.03. The predicted molar refractivity (Wildman–Crippen MR) is 52.9 cm³/mol. The fraction of sp³-hybridized carbons (Fsp3) is 0.556. The molecular formula is C9H15N3O3. The number of aliphatic hydroxyl groups is 2. The molecule has 84 valence electrons. The molecule has 1 unspecified atom stereocenters. The predicted octanol–water partition coefficient (Wildman–Crippen LogP) is -1.26. The molecule has 0 fully saturated rings. The Morgan fingerprint density at radius 1 is 1.67 bits per heavy atom. The van der Waals surface area contributed by atoms with Gasteiger partial charge in [0.2, 0.25) is 5.91 Å². The van der Waals surface area contributed by atoms with Crippen molar-refractivity contribution in [1.29, 1.82) is 0 Å². The molecule has 1 atom stereocenters. The number of aromatic nitrogens is 2. The molecule has 15 heavy (non-hydrogen) atoms. The molecule has 1 aromatic heterocycles. The molecule has 1 heterocycles. The highest BCUT2D eigenvalue weighted by Crippen LogP contribution is 1.98. The van der Waals surface area contributed by atoms with Gasteiger partial charge in [-0.25, -0.2) is 0 Å². The fourth-order valence-electron chi connectivity index (χ4n) is 0.942. The second-order valence-electron chi connectivity index (χ2n) is 3.64. The van der Waals surface area contributed by atoms with Crippen LogP contribution in [0.5, 0.6) is 0 Å². The number of amides is 1. The van der Waals surface area contributed by atoms with Crippen molar-refractivity contribution in [3.63, 3.8) is 0 Å². The quantitative estimate of drug-likeness (QED) is 0.570. The minimum Gasteiger partial charge on any atom is -0.393 e. The van der Waals surface area contributed by atoms with Gasteiger partial charge in [-0.2, -0.15) is 5.10 Å². The van der Waals surface area contributed by atoms with Crippen LogP contribution >= 0.6 is 0 Å². The van der Waals surface area contributed by atoms with Crippen LogP contribution in [0.1, 0.15) is 6.92 Å². The standard InChI is InChI=1S/C9H15N3O3/c1-9(15,7-13)6-10-8(14)5-12-4-2-3-11-12/h2-4,13,15H,5-7H2,1H3,(H,10,14). The van der Waals surface area contributed by atoms with Crippen molar-refractivity contribution in [3.05, 3.63) is 18.5 Å². The molecule has 0 saturated carbocycles. The van der Waals surface area contributed by atoms with Crippen molar-refractivity contribution in [1.82, 2.24) is 15.1 Å². The zero-order chi connectivity index (χ0) is 11.3. The normalized spacial score (nSPS) is 14.6. The largest absolute Gasteiger partial charge is 0.393 e. The van der Waals surface area contributed by atoms with Crippen molar-refractivity contribution >= 4 is 5.91 Å². The minimum absolute atomic E-state index is 0.0175. The molecule has 1 aromatic rings. The van der Waals surface area contributed by atoms with Gasteiger partial charge < -0.3 is 15.5 Å². The van der Waals surface area contributed by atoms with Crippen molar-refractivity contribution in [2.75, 3.05) is 13.2 Å². The van der Waals surface area contributed by atoms with Crippen LogP contribution in [0, 0.1) is 0 Å². The van der Waals surface area contributed by atoms with E-state index >= 15 is 0 Å². The summed E-state index contributed by atoms with van der Waals surface area (Å²) in [5.41, 5.74) is -1.28. The SMILES string of the molecule is CC(O)(CO)CNC(=O)Cn1cccn1. The number of carbonyl (C=O) groups excluding carboxylic acids is 1. The maximum Gasteiger partial charge on any atom is 0.241 e. The van der Waals surface area contributed by atoms with E-state index in [2.05, 4.69) is 10.4 Å². The van der Waals surface area contributed by atoms with Crippen molar-refractivity contribution < 1.29 is 15.0 Å². The van der Waals surface area contributed by atoms with Crippen LogP contribution in [-0.2, 0) is 11.3 Å². The van der Waals surface area contributed by atoms with Gasteiger partial charge in [0.25, 0.3) is 0 Å². The van der Waals surface area contributed by atoms with Gasteiger partial charge in [0.15, 0.2) is 0 Å². The molecule has 0 aliphatic heterocycles. The van der Waals surface area contributed by atoms with E-state index in [1.54, 1.807) is 18.5 Å². The number of nitrogens with one attached hydrogen (secondary N) is 1. The van der Waals surface area contributed by atoms with E-state index in [0.29, 0.717) is 0 Å². The molecule has 3 N–H and O–H groups in total. The number of nitrogens with zero attached hydrogens (tertiary/aromatic N) is 2. The van der Waals surface area contributed by atoms with Crippen LogP contribution in [0.3, 0.4) is 0 Å². The lowest BCUT2D eigenvalue weighted by molar-refractivity contribution is -0.123. The zero-order valence-electron chi connectivity index (χ0n) is 8.55. The fourth-order valence-corrected chi connectivity index (χ4v) is 0.942. The Morgan fingerprint density at radius 3 is 2.93 bits per heavy atom. The van der Waals surface area contributed by atoms with Gasteiger partial charge in [0.05, 0.1) is 6.61 Å². The lowest BCUT2D eigenvalue weighted by Gasteiger charge is -2.20. The van der Waals surface area contributed by atoms with E-state index in [0.717, 1.165) is 0 Å². The van der Waals surface area contributed by atoms with E-state index in [1.165, 1.54) is 11.6 Å². The minimum atomic E-state index is -1.28. The summed E-state index contributed by atoms with van der Waals surface area (Å²) < 4.78 is 1.48. The second kappa shape index (κ2) is 4.90. The van der Waals surface area contributed by atoms with Crippen molar-refractivity contribution in [2.24, 2.45) is 0 Å². The van der Waals surface area contributed by atoms with Crippen molar-refractivity contribution in [2.45, 2.75) is 19.1 Å². The number of hydrogen-bond acceptors (Lipinski definition) is 4. The summed E-state index contributed by atoms with van der Waals surface area (Å²) >= 11 is 0. The summed E-state index contributed by atoms with van der Waals surface area (Å²) in [5, 5.41) is 24.5. The number of aliphatic hydroxyl groups excluding tert-OH is 1. The van der Waals surface area contributed by atoms with E-state index in [4.69, 9.17) is 5.11 Å². The molecule has 1 rings (SSSR count). The summed E-state index contributed by atoms with van der Waals surface area (Å²) in [6, 6.07) is 1.72. The first-order valence-electron chi connectivity index (χ1n) is 4.61. The molecular weight excluding hydrogens is 198 g/mol. The molecule has 6 heteroatoms. The Kier molecular flexibility index (Phi) is 3.81. The zero-order valence-corrected chi connectivity index (χ0v) is 8.55. The average molecular weight is 213 g/mol. The number of hydrogen-bond donors (Lipinski definition) is 3. The Hall–Kier alpha value is -1.40. The van der Waals surface area contributed by atoms with Crippen LogP contribution in [0.15, 0.2) is 18.5 Å². The van der Waals surface area contributed by atoms with Crippen LogP contribution in [0.4, 0.5) is 0 Å². The van der Waals surface area contributed by atoms with E-state index in [1.807, 2.05) is 0 Å². The summed E-state index contributed by atoms with van der Waals surface area (Å²) in [7, 11) is 0. The monoisotopic (exact) mass is 213 g/mol. The molecule has 0 saturated heterocycles. The van der Waals surface area contributed by atoms with Gasteiger partial charge in [-0.3, -0.25) is 9.48 Å². The molecule has 0 spiro atoms. The number of rotatable bonds is 5. The highest BCUT2D eigenvalue weighted by molar-refractivity contribution is 5.75. The molecule has 0 aliphatic rings. The molecule has 1 amide bonds. The third kappa shape index (κ3) is 4.09. The van der Waals surface area contributed by atoms with Gasteiger partial charge in [-0.15, -0.1) is 0 Å². The third-order valence-corrected chi connectivity index (χ3v) is 1.87. The van der Waals surface area contributed by atoms with Gasteiger partial charge >= 0.3 is 0 Å². The van der Waals surface area contributed by atoms with Crippen LogP contribution in [-0.4, -0.2) is 44.7 Å². The van der Waals surface area contributed by atoms with Gasteiger partial charge in [0.1, 0.15) is 12.1 Å². The Labute approximate surface area is 87.5 Å². The lowest BCUT2D eigenvalue weighted by atomic mass is 10.1. The average Bonchev–Trinajstić information content (AvgIpc) is 2.68. The van der Waals surface area contributed by atoms with Crippen LogP contribution in [0.2, 0.25) is 0 Å². The van der Waals surface area contributed by atoms with Crippen LogP contribution in [0.25, 0.3) is 0 Å². The third-order valence-electron chi connectivity index (χ3n) is 1.87. The van der Waals surface area contributed by atoms with E-state index in [-0.39, 0.29) is 19.0 Å². The highest BCUT2D eigenvalue weighted by Gasteiger charge is 2.19. The smallest absolute Gasteiger partial charge is 0.241 e. The summed E-state index contributed by atoms with van der Waals surface area (Å²) in [5.74, 6) is -0.257. The molecule has 0 bridgehead atoms. The van der Waals surface area contributed by atoms with Crippen molar-refractivity contribution in [3.8, 4) is 0 Å². The van der Waals surface area contributed by atoms with Crippen LogP contribution < -0.4 is 5.32 Å². The molecule has 0 aromatic carbocycles. The first kappa shape index (κ1) is 11.7. The summed E-state index contributed by atoms with van der Waals surface area (Å²) in [6.07, 6.45) is 3.25. The molecule has 6 nitrogen and oxygen atoms in total. The maximum atomic E-state index is 11.3. The van der Waals surface area contributed by atoms with Gasteiger partial charge in [-0.05, 0) is 13.0 Å². The molecule has 0 aliphatic carbocycles. The van der Waals surface area contributed by atoms with Gasteiger partial charge in [-0.1, -0.05) is 0 Å². The first-order valence-corrected chi connectivity index (χ1v) is 4.61. The van der Waals surface area contributed by atoms with E-state index in [9.17, 15) is 9.90 Å². The summed E-state index contributed by atoms with van der Waals surface area (Å²) in [4.78, 5) is 11.3. The second-order valence-corrected chi connectivity index (χ2v) is 3.64. The molecule has 0 radical (unpaired) electrons. The Bertz CT molecular complexity index is 308. The highest BCUT2D eigenvalue weighted by atomic mass is 16.3. The Balaban J connectivity index is 2.31. The number of carbonyl (C=O) groups is 1. The van der Waals surface area contributed by atoms with E-state index < -0.39 is 12.2 Å². The lowest BCUT2D eigenvalue weighted by Crippen LogP contribution is -2.44. The topological polar surface area (TPSA) is 87.4 Å². The maximum absolute atomic E-state index is 11.3. The Morgan fingerprint density at radius 2 is 2.40 bits per heavy atom. The van der Waals surface area contributed by atoms with Gasteiger partial charge in [0, 0.05) is 18.9 Å².